The first-order valence-electron chi connectivity index (χ1n) is 10.2. The highest BCUT2D eigenvalue weighted by Crippen LogP contribution is 2.39. The van der Waals surface area contributed by atoms with E-state index in [1.165, 1.54) is 0 Å². The van der Waals surface area contributed by atoms with Gasteiger partial charge >= 0.3 is 0 Å². The van der Waals surface area contributed by atoms with Gasteiger partial charge in [-0.2, -0.15) is 10.4 Å². The van der Waals surface area contributed by atoms with Gasteiger partial charge in [-0.25, -0.2) is 0 Å². The molecule has 1 saturated heterocycles. The number of nitrogens with zero attached hydrogens (tertiary/aromatic N) is 3. The zero-order chi connectivity index (χ0) is 21.8. The normalized spacial score (nSPS) is 22.0. The van der Waals surface area contributed by atoms with E-state index in [2.05, 4.69) is 26.8 Å². The fourth-order valence-electron chi connectivity index (χ4n) is 4.36. The molecule has 0 spiro atoms. The van der Waals surface area contributed by atoms with Crippen LogP contribution in [0.1, 0.15) is 31.9 Å². The number of carbonyl (C=O) groups excluding carboxylic acids is 1. The molecule has 31 heavy (non-hydrogen) atoms. The first-order chi connectivity index (χ1) is 14.9. The van der Waals surface area contributed by atoms with Crippen LogP contribution in [0.15, 0.2) is 35.3 Å². The van der Waals surface area contributed by atoms with Crippen molar-refractivity contribution in [3.05, 3.63) is 46.4 Å². The molecule has 2 aromatic heterocycles. The van der Waals surface area contributed by atoms with Crippen molar-refractivity contribution in [2.24, 2.45) is 5.92 Å². The molecule has 1 fully saturated rings. The number of carbonyl (C=O) groups is 1. The molecule has 3 aromatic rings. The minimum Gasteiger partial charge on any atom is -0.379 e. The topological polar surface area (TPSA) is 125 Å². The summed E-state index contributed by atoms with van der Waals surface area (Å²) >= 11 is 0. The Morgan fingerprint density at radius 3 is 2.97 bits per heavy atom. The van der Waals surface area contributed by atoms with Crippen molar-refractivity contribution < 1.29 is 9.53 Å². The molecule has 1 amide bonds. The van der Waals surface area contributed by atoms with Crippen LogP contribution in [0.3, 0.4) is 0 Å². The number of amides is 1. The average molecular weight is 418 g/mol. The number of rotatable bonds is 3. The average Bonchev–Trinajstić information content (AvgIpc) is 3.23. The van der Waals surface area contributed by atoms with Crippen molar-refractivity contribution in [3.63, 3.8) is 0 Å². The Labute approximate surface area is 178 Å². The predicted molar refractivity (Wildman–Crippen MR) is 115 cm³/mol. The fraction of sp³-hybridized carbons (Fsp3) is 0.364. The van der Waals surface area contributed by atoms with Gasteiger partial charge in [0, 0.05) is 24.2 Å². The molecule has 9 nitrogen and oxygen atoms in total. The molecule has 0 aliphatic carbocycles. The molecule has 0 bridgehead atoms. The zero-order valence-electron chi connectivity index (χ0n) is 17.2. The van der Waals surface area contributed by atoms with Gasteiger partial charge < -0.3 is 20.4 Å². The van der Waals surface area contributed by atoms with Gasteiger partial charge in [0.25, 0.3) is 5.56 Å². The highest BCUT2D eigenvalue weighted by Gasteiger charge is 2.38. The SMILES string of the molecule is CC1(C)C(=O)Nc2cc(Nc3nn([C@H]4COCC[C@@H]4C#N)c4cc[nH]c(=O)c34)ccc21. The van der Waals surface area contributed by atoms with E-state index >= 15 is 0 Å². The molecule has 0 unspecified atom stereocenters. The van der Waals surface area contributed by atoms with E-state index in [1.54, 1.807) is 16.9 Å². The minimum atomic E-state index is -0.591. The monoisotopic (exact) mass is 418 g/mol. The molecule has 2 aliphatic heterocycles. The van der Waals surface area contributed by atoms with Gasteiger partial charge in [0.15, 0.2) is 5.82 Å². The standard InChI is InChI=1S/C22H22N6O3/c1-22(2)14-4-3-13(9-15(14)26-21(22)30)25-19-18-16(5-7-24-20(18)29)28(27-19)17-11-31-8-6-12(17)10-23/h3-5,7,9,12,17H,6,8,11H2,1-2H3,(H,24,29)(H,25,27)(H,26,30)/t12-,17+/m1/s1. The van der Waals surface area contributed by atoms with Crippen molar-refractivity contribution in [2.45, 2.75) is 31.7 Å². The maximum Gasteiger partial charge on any atom is 0.261 e. The third kappa shape index (κ3) is 2.99. The summed E-state index contributed by atoms with van der Waals surface area (Å²) < 4.78 is 7.32. The maximum atomic E-state index is 12.7. The van der Waals surface area contributed by atoms with Gasteiger partial charge in [-0.15, -0.1) is 0 Å². The van der Waals surface area contributed by atoms with Crippen molar-refractivity contribution in [2.75, 3.05) is 23.8 Å². The molecular formula is C22H22N6O3. The second kappa shape index (κ2) is 6.96. The summed E-state index contributed by atoms with van der Waals surface area (Å²) in [4.78, 5) is 27.6. The number of pyridine rings is 1. The largest absolute Gasteiger partial charge is 0.379 e. The number of fused-ring (bicyclic) bond motifs is 2. The summed E-state index contributed by atoms with van der Waals surface area (Å²) in [5.74, 6) is 0.0924. The summed E-state index contributed by atoms with van der Waals surface area (Å²) in [6.45, 7) is 4.67. The number of nitriles is 1. The summed E-state index contributed by atoms with van der Waals surface area (Å²) in [5.41, 5.74) is 2.13. The van der Waals surface area contributed by atoms with Crippen LogP contribution in [-0.2, 0) is 14.9 Å². The molecule has 0 radical (unpaired) electrons. The predicted octanol–water partition coefficient (Wildman–Crippen LogP) is 2.80. The summed E-state index contributed by atoms with van der Waals surface area (Å²) in [7, 11) is 0. The van der Waals surface area contributed by atoms with Gasteiger partial charge in [0.05, 0.1) is 35.6 Å². The number of ether oxygens (including phenoxy) is 1. The number of aromatic amines is 1. The molecular weight excluding hydrogens is 396 g/mol. The Kier molecular flexibility index (Phi) is 4.34. The molecule has 9 heteroatoms. The third-order valence-corrected chi connectivity index (χ3v) is 6.21. The van der Waals surface area contributed by atoms with Gasteiger partial charge in [-0.05, 0) is 44.0 Å². The Balaban J connectivity index is 1.58. The van der Waals surface area contributed by atoms with Crippen molar-refractivity contribution >= 4 is 34.0 Å². The zero-order valence-corrected chi connectivity index (χ0v) is 17.2. The second-order valence-corrected chi connectivity index (χ2v) is 8.49. The van der Waals surface area contributed by atoms with Crippen LogP contribution >= 0.6 is 0 Å². The third-order valence-electron chi connectivity index (χ3n) is 6.21. The Bertz CT molecular complexity index is 1300. The van der Waals surface area contributed by atoms with E-state index in [0.717, 1.165) is 11.3 Å². The van der Waals surface area contributed by atoms with Gasteiger partial charge in [0.2, 0.25) is 5.91 Å². The number of nitrogens with one attached hydrogen (secondary N) is 3. The fourth-order valence-corrected chi connectivity index (χ4v) is 4.36. The van der Waals surface area contributed by atoms with E-state index in [0.29, 0.717) is 42.0 Å². The van der Waals surface area contributed by atoms with Crippen molar-refractivity contribution in [1.82, 2.24) is 14.8 Å². The highest BCUT2D eigenvalue weighted by molar-refractivity contribution is 6.06. The van der Waals surface area contributed by atoms with Crippen LogP contribution < -0.4 is 16.2 Å². The van der Waals surface area contributed by atoms with E-state index < -0.39 is 5.41 Å². The lowest BCUT2D eigenvalue weighted by Gasteiger charge is -2.27. The van der Waals surface area contributed by atoms with Crippen LogP contribution in [0.25, 0.3) is 10.9 Å². The molecule has 4 heterocycles. The minimum absolute atomic E-state index is 0.0503. The summed E-state index contributed by atoms with van der Waals surface area (Å²) in [6.07, 6.45) is 2.19. The molecule has 2 aliphatic rings. The van der Waals surface area contributed by atoms with Crippen LogP contribution in [-0.4, -0.2) is 33.9 Å². The lowest BCUT2D eigenvalue weighted by atomic mass is 9.86. The number of benzene rings is 1. The van der Waals surface area contributed by atoms with E-state index in [-0.39, 0.29) is 23.4 Å². The van der Waals surface area contributed by atoms with Gasteiger partial charge in [-0.1, -0.05) is 6.07 Å². The molecule has 2 atom stereocenters. The second-order valence-electron chi connectivity index (χ2n) is 8.49. The first-order valence-corrected chi connectivity index (χ1v) is 10.2. The van der Waals surface area contributed by atoms with Crippen molar-refractivity contribution in [3.8, 4) is 6.07 Å². The van der Waals surface area contributed by atoms with Crippen LogP contribution in [0.2, 0.25) is 0 Å². The van der Waals surface area contributed by atoms with Crippen molar-refractivity contribution in [1.29, 1.82) is 5.26 Å². The molecule has 158 valence electrons. The lowest BCUT2D eigenvalue weighted by Crippen LogP contribution is -2.30. The number of hydrogen-bond donors (Lipinski definition) is 3. The van der Waals surface area contributed by atoms with Gasteiger partial charge in [-0.3, -0.25) is 14.3 Å². The number of hydrogen-bond acceptors (Lipinski definition) is 6. The van der Waals surface area contributed by atoms with E-state index in [4.69, 9.17) is 4.74 Å². The maximum absolute atomic E-state index is 12.7. The summed E-state index contributed by atoms with van der Waals surface area (Å²) in [5, 5.41) is 20.8. The van der Waals surface area contributed by atoms with Gasteiger partial charge in [0.1, 0.15) is 5.39 Å². The highest BCUT2D eigenvalue weighted by atomic mass is 16.5. The van der Waals surface area contributed by atoms with Crippen LogP contribution in [0, 0.1) is 17.2 Å². The number of H-pyrrole nitrogens is 1. The molecule has 5 rings (SSSR count). The van der Waals surface area contributed by atoms with E-state index in [1.807, 2.05) is 32.0 Å². The number of anilines is 3. The Morgan fingerprint density at radius 1 is 1.32 bits per heavy atom. The smallest absolute Gasteiger partial charge is 0.261 e. The van der Waals surface area contributed by atoms with Crippen LogP contribution in [0.5, 0.6) is 0 Å². The summed E-state index contributed by atoms with van der Waals surface area (Å²) in [6, 6.07) is 9.45. The molecule has 3 N–H and O–H groups in total. The quantitative estimate of drug-likeness (QED) is 0.601. The molecule has 1 aromatic carbocycles. The Morgan fingerprint density at radius 2 is 2.16 bits per heavy atom. The lowest BCUT2D eigenvalue weighted by molar-refractivity contribution is -0.119. The number of aromatic nitrogens is 3. The first kappa shape index (κ1) is 19.3. The Hall–Kier alpha value is -3.64. The molecule has 0 saturated carbocycles. The van der Waals surface area contributed by atoms with E-state index in [9.17, 15) is 14.9 Å². The van der Waals surface area contributed by atoms with Crippen LogP contribution in [0.4, 0.5) is 17.2 Å².